The maximum atomic E-state index is 14.0. The highest BCUT2D eigenvalue weighted by Crippen LogP contribution is 2.58. The summed E-state index contributed by atoms with van der Waals surface area (Å²) < 4.78 is 11.6. The molecular formula is C35H37NO9. The summed E-state index contributed by atoms with van der Waals surface area (Å²) >= 11 is 0. The molecule has 6 atom stereocenters. The highest BCUT2D eigenvalue weighted by Gasteiger charge is 2.59. The van der Waals surface area contributed by atoms with E-state index >= 15 is 0 Å². The molecule has 0 bridgehead atoms. The molecule has 1 fully saturated rings. The van der Waals surface area contributed by atoms with Gasteiger partial charge < -0.3 is 35.0 Å². The van der Waals surface area contributed by atoms with Crippen molar-refractivity contribution in [2.24, 2.45) is 11.8 Å². The number of esters is 2. The maximum absolute atomic E-state index is 14.0. The second-order valence-corrected chi connectivity index (χ2v) is 11.2. The molecule has 4 aromatic rings. The van der Waals surface area contributed by atoms with Crippen LogP contribution in [0.1, 0.15) is 23.0 Å². The SMILES string of the molecule is O=C(OCNC[C@H](O)[C@@H](O)[C@H](O)[C@H](O)CO)[C@H]1[C@@H](c2ccccc2)[C@H](C(=O)Oc2cccc3ccccc23)[C@@H]1c1ccccc1. The third-order valence-electron chi connectivity index (χ3n) is 8.42. The van der Waals surface area contributed by atoms with E-state index in [0.717, 1.165) is 21.9 Å². The third-order valence-corrected chi connectivity index (χ3v) is 8.42. The van der Waals surface area contributed by atoms with Crippen molar-refractivity contribution < 1.29 is 44.6 Å². The van der Waals surface area contributed by atoms with Crippen molar-refractivity contribution in [3.05, 3.63) is 114 Å². The topological polar surface area (TPSA) is 166 Å². The number of carbonyl (C=O) groups excluding carboxylic acids is 2. The lowest BCUT2D eigenvalue weighted by Crippen LogP contribution is -2.53. The van der Waals surface area contributed by atoms with Gasteiger partial charge in [0.2, 0.25) is 0 Å². The van der Waals surface area contributed by atoms with Gasteiger partial charge in [-0.3, -0.25) is 14.9 Å². The molecule has 0 aliphatic heterocycles. The fraction of sp³-hybridized carbons (Fsp3) is 0.314. The molecular weight excluding hydrogens is 578 g/mol. The van der Waals surface area contributed by atoms with E-state index < -0.39 is 66.6 Å². The van der Waals surface area contributed by atoms with Gasteiger partial charge in [-0.25, -0.2) is 0 Å². The summed E-state index contributed by atoms with van der Waals surface area (Å²) in [6.45, 7) is -1.40. The number of rotatable bonds is 13. The van der Waals surface area contributed by atoms with Crippen molar-refractivity contribution in [2.75, 3.05) is 19.9 Å². The summed E-state index contributed by atoms with van der Waals surface area (Å²) in [6, 6.07) is 31.7. The number of ether oxygens (including phenoxy) is 2. The first kappa shape index (κ1) is 32.2. The maximum Gasteiger partial charge on any atom is 0.315 e. The van der Waals surface area contributed by atoms with Gasteiger partial charge in [-0.1, -0.05) is 97.1 Å². The van der Waals surface area contributed by atoms with Gasteiger partial charge in [0.1, 0.15) is 30.8 Å². The molecule has 0 heterocycles. The van der Waals surface area contributed by atoms with Gasteiger partial charge in [0, 0.05) is 23.8 Å². The first-order valence-electron chi connectivity index (χ1n) is 14.8. The normalized spacial score (nSPS) is 22.1. The first-order chi connectivity index (χ1) is 21.8. The summed E-state index contributed by atoms with van der Waals surface area (Å²) in [7, 11) is 0. The van der Waals surface area contributed by atoms with Gasteiger partial charge in [0.15, 0.2) is 0 Å². The summed E-state index contributed by atoms with van der Waals surface area (Å²) in [5, 5.41) is 53.0. The average molecular weight is 616 g/mol. The molecule has 45 heavy (non-hydrogen) atoms. The van der Waals surface area contributed by atoms with Crippen LogP contribution in [0.3, 0.4) is 0 Å². The second kappa shape index (κ2) is 14.7. The van der Waals surface area contributed by atoms with Crippen LogP contribution < -0.4 is 10.1 Å². The van der Waals surface area contributed by atoms with Crippen molar-refractivity contribution in [2.45, 2.75) is 36.3 Å². The number of carbonyl (C=O) groups is 2. The number of aliphatic hydroxyl groups excluding tert-OH is 5. The van der Waals surface area contributed by atoms with E-state index in [1.54, 1.807) is 6.07 Å². The zero-order valence-corrected chi connectivity index (χ0v) is 24.4. The van der Waals surface area contributed by atoms with Crippen molar-refractivity contribution in [3.8, 4) is 5.75 Å². The minimum atomic E-state index is -1.77. The smallest absolute Gasteiger partial charge is 0.315 e. The van der Waals surface area contributed by atoms with Crippen LogP contribution in [0.15, 0.2) is 103 Å². The predicted octanol–water partition coefficient (Wildman–Crippen LogP) is 2.09. The lowest BCUT2D eigenvalue weighted by Gasteiger charge is -2.49. The van der Waals surface area contributed by atoms with Gasteiger partial charge in [-0.2, -0.15) is 0 Å². The molecule has 6 N–H and O–H groups in total. The average Bonchev–Trinajstić information content (AvgIpc) is 3.06. The molecule has 10 nitrogen and oxygen atoms in total. The zero-order chi connectivity index (χ0) is 31.9. The Kier molecular flexibility index (Phi) is 10.6. The Hall–Kier alpha value is -4.16. The Labute approximate surface area is 260 Å². The lowest BCUT2D eigenvalue weighted by molar-refractivity contribution is -0.164. The largest absolute Gasteiger partial charge is 0.449 e. The quantitative estimate of drug-likeness (QED) is 0.0568. The van der Waals surface area contributed by atoms with Crippen LogP contribution in [-0.2, 0) is 14.3 Å². The van der Waals surface area contributed by atoms with Crippen molar-refractivity contribution in [3.63, 3.8) is 0 Å². The van der Waals surface area contributed by atoms with Crippen LogP contribution in [0.2, 0.25) is 0 Å². The van der Waals surface area contributed by atoms with Crippen LogP contribution in [-0.4, -0.2) is 81.8 Å². The van der Waals surface area contributed by atoms with Crippen LogP contribution in [0.25, 0.3) is 10.8 Å². The van der Waals surface area contributed by atoms with E-state index in [9.17, 15) is 30.0 Å². The molecule has 0 aromatic heterocycles. The van der Waals surface area contributed by atoms with Gasteiger partial charge >= 0.3 is 11.9 Å². The standard InChI is InChI=1S/C35H37NO9/c37-19-26(39)33(41)32(40)25(38)18-36-20-44-34(42)30-28(22-11-3-1-4-12-22)31(29(30)23-13-5-2-6-14-23)35(43)45-27-17-9-15-21-10-7-8-16-24(21)27/h1-17,25-26,28-33,36-41H,18-20H2/t25-,26+,28+,29+,30-,31-,32+,33+/m0/s1. The highest BCUT2D eigenvalue weighted by molar-refractivity contribution is 5.92. The van der Waals surface area contributed by atoms with Crippen LogP contribution >= 0.6 is 0 Å². The lowest BCUT2D eigenvalue weighted by atomic mass is 9.52. The molecule has 0 radical (unpaired) electrons. The predicted molar refractivity (Wildman–Crippen MR) is 165 cm³/mol. The molecule has 1 saturated carbocycles. The van der Waals surface area contributed by atoms with Gasteiger partial charge in [-0.15, -0.1) is 0 Å². The fourth-order valence-corrected chi connectivity index (χ4v) is 6.08. The Bertz CT molecular complexity index is 1510. The molecule has 0 unspecified atom stereocenters. The minimum absolute atomic E-state index is 0.279. The van der Waals surface area contributed by atoms with E-state index in [1.165, 1.54) is 0 Å². The van der Waals surface area contributed by atoms with Gasteiger partial charge in [-0.05, 0) is 22.6 Å². The van der Waals surface area contributed by atoms with Crippen molar-refractivity contribution >= 4 is 22.7 Å². The monoisotopic (exact) mass is 615 g/mol. The molecule has 1 aliphatic rings. The molecule has 0 spiro atoms. The number of benzene rings is 4. The van der Waals surface area contributed by atoms with E-state index in [4.69, 9.17) is 14.6 Å². The molecule has 0 amide bonds. The van der Waals surface area contributed by atoms with Crippen LogP contribution in [0.4, 0.5) is 0 Å². The molecule has 236 valence electrons. The van der Waals surface area contributed by atoms with Crippen LogP contribution in [0, 0.1) is 11.8 Å². The van der Waals surface area contributed by atoms with E-state index in [1.807, 2.05) is 97.1 Å². The minimum Gasteiger partial charge on any atom is -0.449 e. The Balaban J connectivity index is 1.36. The van der Waals surface area contributed by atoms with E-state index in [2.05, 4.69) is 5.32 Å². The Morgan fingerprint density at radius 1 is 0.667 bits per heavy atom. The van der Waals surface area contributed by atoms with Gasteiger partial charge in [0.25, 0.3) is 0 Å². The van der Waals surface area contributed by atoms with Crippen LogP contribution in [0.5, 0.6) is 5.75 Å². The fourth-order valence-electron chi connectivity index (χ4n) is 6.08. The van der Waals surface area contributed by atoms with Crippen molar-refractivity contribution in [1.82, 2.24) is 5.32 Å². The molecule has 10 heteroatoms. The zero-order valence-electron chi connectivity index (χ0n) is 24.4. The molecule has 4 aromatic carbocycles. The molecule has 0 saturated heterocycles. The first-order valence-corrected chi connectivity index (χ1v) is 14.8. The highest BCUT2D eigenvalue weighted by atomic mass is 16.5. The van der Waals surface area contributed by atoms with E-state index in [0.29, 0.717) is 5.75 Å². The summed E-state index contributed by atoms with van der Waals surface area (Å²) in [5.41, 5.74) is 1.57. The summed E-state index contributed by atoms with van der Waals surface area (Å²) in [4.78, 5) is 27.7. The van der Waals surface area contributed by atoms with E-state index in [-0.39, 0.29) is 13.3 Å². The Morgan fingerprint density at radius 2 is 1.20 bits per heavy atom. The molecule has 1 aliphatic carbocycles. The third kappa shape index (κ3) is 7.07. The number of fused-ring (bicyclic) bond motifs is 1. The molecule has 5 rings (SSSR count). The summed E-state index contributed by atoms with van der Waals surface area (Å²) in [5.74, 6) is -3.12. The number of nitrogens with one attached hydrogen (secondary N) is 1. The number of hydrogen-bond donors (Lipinski definition) is 6. The second-order valence-electron chi connectivity index (χ2n) is 11.2. The number of hydrogen-bond acceptors (Lipinski definition) is 10. The summed E-state index contributed by atoms with van der Waals surface area (Å²) in [6.07, 6.45) is -6.67. The Morgan fingerprint density at radius 3 is 1.82 bits per heavy atom. The number of aliphatic hydroxyl groups is 5. The van der Waals surface area contributed by atoms with Crippen molar-refractivity contribution in [1.29, 1.82) is 0 Å². The van der Waals surface area contributed by atoms with Gasteiger partial charge in [0.05, 0.1) is 24.5 Å².